The van der Waals surface area contributed by atoms with Crippen LogP contribution >= 0.6 is 0 Å². The van der Waals surface area contributed by atoms with Gasteiger partial charge in [0.15, 0.2) is 0 Å². The van der Waals surface area contributed by atoms with Gasteiger partial charge in [-0.25, -0.2) is 0 Å². The Kier molecular flexibility index (Phi) is 1.47. The lowest BCUT2D eigenvalue weighted by Crippen LogP contribution is -2.33. The topological polar surface area (TPSA) is 3.24 Å². The molecule has 2 rings (SSSR count). The van der Waals surface area contributed by atoms with E-state index >= 15 is 0 Å². The first-order valence-corrected chi connectivity index (χ1v) is 5.16. The fraction of sp³-hybridized carbons (Fsp3) is 1.00. The lowest BCUT2D eigenvalue weighted by atomic mass is 10.0. The molecule has 1 heteroatoms. The lowest BCUT2D eigenvalue weighted by molar-refractivity contribution is 0.208. The summed E-state index contributed by atoms with van der Waals surface area (Å²) in [6.45, 7) is 14.6. The van der Waals surface area contributed by atoms with Crippen LogP contribution in [0.15, 0.2) is 0 Å². The molecule has 0 spiro atoms. The van der Waals surface area contributed by atoms with Crippen molar-refractivity contribution in [1.82, 2.24) is 4.90 Å². The zero-order valence-electron chi connectivity index (χ0n) is 9.02. The molecule has 0 amide bonds. The van der Waals surface area contributed by atoms with Crippen molar-refractivity contribution in [3.05, 3.63) is 0 Å². The van der Waals surface area contributed by atoms with Crippen molar-refractivity contribution in [1.29, 1.82) is 0 Å². The maximum absolute atomic E-state index is 2.62. The Morgan fingerprint density at radius 2 is 1.58 bits per heavy atom. The molecule has 0 bridgehead atoms. The number of hydrogen-bond donors (Lipinski definition) is 0. The predicted molar refractivity (Wildman–Crippen MR) is 52.1 cm³/mol. The molecule has 1 nitrogen and oxygen atoms in total. The van der Waals surface area contributed by atoms with E-state index in [1.54, 1.807) is 0 Å². The average Bonchev–Trinajstić information content (AvgIpc) is 2.31. The number of likely N-dealkylation sites (tertiary alicyclic amines) is 1. The Morgan fingerprint density at radius 3 is 1.92 bits per heavy atom. The maximum Gasteiger partial charge on any atom is 0.00468 e. The number of piperidine rings is 1. The third kappa shape index (κ3) is 0.736. The summed E-state index contributed by atoms with van der Waals surface area (Å²) in [4.78, 5) is 2.62. The Balaban J connectivity index is 2.12. The molecule has 0 N–H and O–H groups in total. The zero-order valence-corrected chi connectivity index (χ0v) is 9.02. The van der Waals surface area contributed by atoms with Crippen LogP contribution in [0, 0.1) is 16.7 Å². The average molecular weight is 167 g/mol. The minimum absolute atomic E-state index is 0.636. The highest BCUT2D eigenvalue weighted by atomic mass is 15.2. The molecule has 0 aromatic carbocycles. The largest absolute Gasteiger partial charge is 0.300 e. The highest BCUT2D eigenvalue weighted by Gasteiger charge is 2.72. The summed E-state index contributed by atoms with van der Waals surface area (Å²) in [6, 6.07) is 0.735. The maximum atomic E-state index is 2.62. The van der Waals surface area contributed by atoms with Crippen molar-refractivity contribution in [3.63, 3.8) is 0 Å². The third-order valence-corrected chi connectivity index (χ3v) is 4.93. The van der Waals surface area contributed by atoms with E-state index in [4.69, 9.17) is 0 Å². The fourth-order valence-electron chi connectivity index (χ4n) is 3.14. The van der Waals surface area contributed by atoms with E-state index in [1.165, 1.54) is 13.1 Å². The highest BCUT2D eigenvalue weighted by Crippen LogP contribution is 2.72. The smallest absolute Gasteiger partial charge is 0.00468 e. The molecule has 1 saturated carbocycles. The molecule has 1 saturated heterocycles. The standard InChI is InChI=1S/C11H21N/c1-8(2)12-6-10(4)9(3)11(10,5)7-12/h8-9H,6-7H2,1-5H3. The molecule has 2 aliphatic rings. The van der Waals surface area contributed by atoms with Gasteiger partial charge >= 0.3 is 0 Å². The molecule has 2 atom stereocenters. The molecule has 0 aromatic rings. The van der Waals surface area contributed by atoms with Crippen LogP contribution in [0.5, 0.6) is 0 Å². The van der Waals surface area contributed by atoms with Gasteiger partial charge in [-0.2, -0.15) is 0 Å². The first kappa shape index (κ1) is 8.55. The third-order valence-electron chi connectivity index (χ3n) is 4.93. The van der Waals surface area contributed by atoms with Crippen molar-refractivity contribution in [2.75, 3.05) is 13.1 Å². The molecule has 2 fully saturated rings. The van der Waals surface area contributed by atoms with Crippen molar-refractivity contribution in [2.24, 2.45) is 16.7 Å². The molecular formula is C11H21N. The van der Waals surface area contributed by atoms with Crippen LogP contribution in [0.3, 0.4) is 0 Å². The second-order valence-corrected chi connectivity index (χ2v) is 5.56. The molecule has 1 aliphatic heterocycles. The van der Waals surface area contributed by atoms with Gasteiger partial charge in [0, 0.05) is 19.1 Å². The second-order valence-electron chi connectivity index (χ2n) is 5.56. The number of fused-ring (bicyclic) bond motifs is 1. The van der Waals surface area contributed by atoms with Gasteiger partial charge < -0.3 is 0 Å². The van der Waals surface area contributed by atoms with E-state index in [0.29, 0.717) is 10.8 Å². The number of rotatable bonds is 1. The van der Waals surface area contributed by atoms with E-state index in [9.17, 15) is 0 Å². The van der Waals surface area contributed by atoms with E-state index in [0.717, 1.165) is 12.0 Å². The van der Waals surface area contributed by atoms with Gasteiger partial charge in [-0.3, -0.25) is 4.90 Å². The van der Waals surface area contributed by atoms with Crippen molar-refractivity contribution in [3.8, 4) is 0 Å². The molecule has 0 radical (unpaired) electrons. The summed E-state index contributed by atoms with van der Waals surface area (Å²) in [5.74, 6) is 0.944. The summed E-state index contributed by atoms with van der Waals surface area (Å²) in [5, 5.41) is 0. The fourth-order valence-corrected chi connectivity index (χ4v) is 3.14. The van der Waals surface area contributed by atoms with E-state index in [2.05, 4.69) is 39.5 Å². The minimum Gasteiger partial charge on any atom is -0.300 e. The van der Waals surface area contributed by atoms with Crippen LogP contribution in [-0.2, 0) is 0 Å². The molecule has 2 unspecified atom stereocenters. The lowest BCUT2D eigenvalue weighted by Gasteiger charge is -2.25. The van der Waals surface area contributed by atoms with Gasteiger partial charge in [-0.05, 0) is 30.6 Å². The van der Waals surface area contributed by atoms with Gasteiger partial charge in [0.2, 0.25) is 0 Å². The summed E-state index contributed by atoms with van der Waals surface area (Å²) in [7, 11) is 0. The van der Waals surface area contributed by atoms with Gasteiger partial charge in [0.25, 0.3) is 0 Å². The Hall–Kier alpha value is -0.0400. The van der Waals surface area contributed by atoms with E-state index < -0.39 is 0 Å². The summed E-state index contributed by atoms with van der Waals surface area (Å²) < 4.78 is 0. The van der Waals surface area contributed by atoms with Crippen LogP contribution in [0.4, 0.5) is 0 Å². The molecule has 70 valence electrons. The van der Waals surface area contributed by atoms with Crippen LogP contribution in [-0.4, -0.2) is 24.0 Å². The van der Waals surface area contributed by atoms with Crippen molar-refractivity contribution < 1.29 is 0 Å². The van der Waals surface area contributed by atoms with Crippen molar-refractivity contribution >= 4 is 0 Å². The molecule has 1 aliphatic carbocycles. The van der Waals surface area contributed by atoms with Crippen LogP contribution < -0.4 is 0 Å². The zero-order chi connectivity index (χ0) is 9.15. The SMILES string of the molecule is CC(C)N1CC2(C)C(C)C2(C)C1. The Labute approximate surface area is 76.1 Å². The summed E-state index contributed by atoms with van der Waals surface area (Å²) >= 11 is 0. The first-order valence-electron chi connectivity index (χ1n) is 5.16. The monoisotopic (exact) mass is 167 g/mol. The van der Waals surface area contributed by atoms with Crippen molar-refractivity contribution in [2.45, 2.75) is 40.7 Å². The van der Waals surface area contributed by atoms with Gasteiger partial charge in [0.1, 0.15) is 0 Å². The molecule has 0 aromatic heterocycles. The van der Waals surface area contributed by atoms with Gasteiger partial charge in [-0.15, -0.1) is 0 Å². The second kappa shape index (κ2) is 2.06. The van der Waals surface area contributed by atoms with Crippen LogP contribution in [0.25, 0.3) is 0 Å². The van der Waals surface area contributed by atoms with E-state index in [-0.39, 0.29) is 0 Å². The molecule has 12 heavy (non-hydrogen) atoms. The predicted octanol–water partition coefficient (Wildman–Crippen LogP) is 2.37. The Morgan fingerprint density at radius 1 is 1.17 bits per heavy atom. The number of nitrogens with zero attached hydrogens (tertiary/aromatic N) is 1. The minimum atomic E-state index is 0.636. The summed E-state index contributed by atoms with van der Waals surface area (Å²) in [6.07, 6.45) is 0. The van der Waals surface area contributed by atoms with Crippen LogP contribution in [0.2, 0.25) is 0 Å². The van der Waals surface area contributed by atoms with Crippen LogP contribution in [0.1, 0.15) is 34.6 Å². The summed E-state index contributed by atoms with van der Waals surface area (Å²) in [5.41, 5.74) is 1.27. The number of hydrogen-bond acceptors (Lipinski definition) is 1. The molecule has 1 heterocycles. The Bertz CT molecular complexity index is 193. The first-order chi connectivity index (χ1) is 5.42. The normalized spacial score (nSPS) is 53.0. The molecular weight excluding hydrogens is 146 g/mol. The van der Waals surface area contributed by atoms with Gasteiger partial charge in [-0.1, -0.05) is 20.8 Å². The van der Waals surface area contributed by atoms with E-state index in [1.807, 2.05) is 0 Å². The van der Waals surface area contributed by atoms with Gasteiger partial charge in [0.05, 0.1) is 0 Å². The highest BCUT2D eigenvalue weighted by molar-refractivity contribution is 5.21. The quantitative estimate of drug-likeness (QED) is 0.579.